The van der Waals surface area contributed by atoms with E-state index >= 15 is 0 Å². The third-order valence-electron chi connectivity index (χ3n) is 4.71. The molecule has 1 fully saturated rings. The number of rotatable bonds is 8. The van der Waals surface area contributed by atoms with E-state index in [0.29, 0.717) is 25.3 Å². The Balaban J connectivity index is 1.66. The summed E-state index contributed by atoms with van der Waals surface area (Å²) in [5.41, 5.74) is 1.07. The molecule has 1 N–H and O–H groups in total. The minimum absolute atomic E-state index is 0.0953. The molecule has 0 radical (unpaired) electrons. The van der Waals surface area contributed by atoms with Gasteiger partial charge in [-0.05, 0) is 52.2 Å². The first kappa shape index (κ1) is 21.8. The number of aliphatic hydroxyl groups is 1. The lowest BCUT2D eigenvalue weighted by molar-refractivity contribution is 0.0522. The molecule has 2 aromatic rings. The number of aliphatic hydroxyl groups excluding tert-OH is 1. The molecule has 8 heteroatoms. The van der Waals surface area contributed by atoms with Gasteiger partial charge in [0.15, 0.2) is 9.84 Å². The highest BCUT2D eigenvalue weighted by atomic mass is 79.9. The Bertz CT molecular complexity index is 907. The molecule has 1 aliphatic heterocycles. The van der Waals surface area contributed by atoms with E-state index in [2.05, 4.69) is 36.8 Å². The van der Waals surface area contributed by atoms with E-state index in [9.17, 15) is 13.5 Å². The topological polar surface area (TPSA) is 66.8 Å². The van der Waals surface area contributed by atoms with Crippen molar-refractivity contribution in [2.24, 2.45) is 0 Å². The lowest BCUT2D eigenvalue weighted by Crippen LogP contribution is -2.42. The Hall–Kier alpha value is -0.930. The molecule has 28 heavy (non-hydrogen) atoms. The summed E-state index contributed by atoms with van der Waals surface area (Å²) >= 11 is 6.90. The van der Waals surface area contributed by atoms with Crippen LogP contribution < -0.4 is 4.74 Å². The maximum absolute atomic E-state index is 12.0. The van der Waals surface area contributed by atoms with E-state index in [1.165, 1.54) is 0 Å². The summed E-state index contributed by atoms with van der Waals surface area (Å²) in [5, 5.41) is 10.6. The molecule has 5 nitrogen and oxygen atoms in total. The molecule has 0 aromatic heterocycles. The normalized spacial score (nSPS) is 19.6. The van der Waals surface area contributed by atoms with Crippen LogP contribution in [0.5, 0.6) is 5.75 Å². The average molecular weight is 533 g/mol. The van der Waals surface area contributed by atoms with Gasteiger partial charge in [-0.15, -0.1) is 0 Å². The van der Waals surface area contributed by atoms with Crippen LogP contribution in [-0.4, -0.2) is 55.2 Å². The van der Waals surface area contributed by atoms with Crippen molar-refractivity contribution in [2.45, 2.75) is 25.1 Å². The summed E-state index contributed by atoms with van der Waals surface area (Å²) < 4.78 is 31.4. The molecule has 3 rings (SSSR count). The molecule has 0 aliphatic carbocycles. The highest BCUT2D eigenvalue weighted by molar-refractivity contribution is 9.10. The predicted molar refractivity (Wildman–Crippen MR) is 117 cm³/mol. The van der Waals surface area contributed by atoms with E-state index in [1.807, 2.05) is 48.5 Å². The SMILES string of the molecule is O=S1(=O)CCC(N(Cc2cccc(Br)c2)CC(O)COc2ccccc2Br)C1. The lowest BCUT2D eigenvalue weighted by Gasteiger charge is -2.30. The number of hydrogen-bond acceptors (Lipinski definition) is 5. The van der Waals surface area contributed by atoms with Crippen molar-refractivity contribution in [3.63, 3.8) is 0 Å². The highest BCUT2D eigenvalue weighted by Gasteiger charge is 2.33. The summed E-state index contributed by atoms with van der Waals surface area (Å²) in [5.74, 6) is 1.01. The maximum Gasteiger partial charge on any atom is 0.151 e. The molecule has 152 valence electrons. The van der Waals surface area contributed by atoms with Gasteiger partial charge in [0.1, 0.15) is 18.5 Å². The molecule has 0 amide bonds. The number of sulfone groups is 1. The largest absolute Gasteiger partial charge is 0.490 e. The van der Waals surface area contributed by atoms with E-state index in [4.69, 9.17) is 4.74 Å². The van der Waals surface area contributed by atoms with Gasteiger partial charge in [-0.2, -0.15) is 0 Å². The van der Waals surface area contributed by atoms with Crippen LogP contribution in [0.15, 0.2) is 57.5 Å². The zero-order valence-corrected chi connectivity index (χ0v) is 19.3. The van der Waals surface area contributed by atoms with Crippen molar-refractivity contribution < 1.29 is 18.3 Å². The first-order valence-electron chi connectivity index (χ1n) is 9.07. The van der Waals surface area contributed by atoms with Crippen molar-refractivity contribution in [2.75, 3.05) is 24.7 Å². The molecule has 0 bridgehead atoms. The fraction of sp³-hybridized carbons (Fsp3) is 0.400. The molecule has 0 spiro atoms. The Labute approximate surface area is 182 Å². The maximum atomic E-state index is 12.0. The minimum Gasteiger partial charge on any atom is -0.490 e. The van der Waals surface area contributed by atoms with Crippen molar-refractivity contribution in [3.05, 3.63) is 63.0 Å². The number of ether oxygens (including phenoxy) is 1. The third-order valence-corrected chi connectivity index (χ3v) is 7.61. The van der Waals surface area contributed by atoms with Crippen molar-refractivity contribution in [1.29, 1.82) is 0 Å². The van der Waals surface area contributed by atoms with Gasteiger partial charge in [0.25, 0.3) is 0 Å². The number of hydrogen-bond donors (Lipinski definition) is 1. The number of para-hydroxylation sites is 1. The quantitative estimate of drug-likeness (QED) is 0.562. The molecular weight excluding hydrogens is 510 g/mol. The van der Waals surface area contributed by atoms with Crippen LogP contribution in [0.1, 0.15) is 12.0 Å². The van der Waals surface area contributed by atoms with Crippen molar-refractivity contribution >= 4 is 41.7 Å². The lowest BCUT2D eigenvalue weighted by atomic mass is 10.1. The van der Waals surface area contributed by atoms with Gasteiger partial charge >= 0.3 is 0 Å². The van der Waals surface area contributed by atoms with Crippen molar-refractivity contribution in [1.82, 2.24) is 4.90 Å². The fourth-order valence-corrected chi connectivity index (χ4v) is 5.95. The Morgan fingerprint density at radius 3 is 2.64 bits per heavy atom. The predicted octanol–water partition coefficient (Wildman–Crippen LogP) is 3.64. The summed E-state index contributed by atoms with van der Waals surface area (Å²) in [6.45, 7) is 1.06. The molecule has 1 aliphatic rings. The van der Waals surface area contributed by atoms with Gasteiger partial charge in [0.2, 0.25) is 0 Å². The van der Waals surface area contributed by atoms with Crippen LogP contribution in [-0.2, 0) is 16.4 Å². The van der Waals surface area contributed by atoms with Crippen LogP contribution in [0, 0.1) is 0 Å². The van der Waals surface area contributed by atoms with Crippen LogP contribution in [0.3, 0.4) is 0 Å². The summed E-state index contributed by atoms with van der Waals surface area (Å²) in [6, 6.07) is 15.3. The number of benzene rings is 2. The van der Waals surface area contributed by atoms with E-state index in [1.54, 1.807) is 0 Å². The smallest absolute Gasteiger partial charge is 0.151 e. The monoisotopic (exact) mass is 531 g/mol. The summed E-state index contributed by atoms with van der Waals surface area (Å²) in [7, 11) is -3.01. The third kappa shape index (κ3) is 6.29. The number of halogens is 2. The van der Waals surface area contributed by atoms with Gasteiger partial charge in [0, 0.05) is 23.6 Å². The van der Waals surface area contributed by atoms with Crippen LogP contribution in [0.4, 0.5) is 0 Å². The summed E-state index contributed by atoms with van der Waals surface area (Å²) in [6.07, 6.45) is -0.142. The average Bonchev–Trinajstić information content (AvgIpc) is 3.00. The van der Waals surface area contributed by atoms with Gasteiger partial charge < -0.3 is 9.84 Å². The first-order valence-corrected chi connectivity index (χ1v) is 12.5. The minimum atomic E-state index is -3.01. The number of nitrogens with zero attached hydrogens (tertiary/aromatic N) is 1. The standard InChI is InChI=1S/C20H23Br2NO4S/c21-16-5-3-4-15(10-16)11-23(17-8-9-28(25,26)14-17)12-18(24)13-27-20-7-2-1-6-19(20)22/h1-7,10,17-18,24H,8-9,11-14H2. The fourth-order valence-electron chi connectivity index (χ4n) is 3.35. The summed E-state index contributed by atoms with van der Waals surface area (Å²) in [4.78, 5) is 2.06. The molecule has 2 aromatic carbocycles. The Morgan fingerprint density at radius 2 is 1.96 bits per heavy atom. The second kappa shape index (κ2) is 9.71. The second-order valence-corrected chi connectivity index (χ2v) is 11.0. The zero-order chi connectivity index (χ0) is 20.1. The Kier molecular flexibility index (Phi) is 7.55. The second-order valence-electron chi connectivity index (χ2n) is 7.01. The van der Waals surface area contributed by atoms with Crippen LogP contribution in [0.2, 0.25) is 0 Å². The zero-order valence-electron chi connectivity index (χ0n) is 15.3. The van der Waals surface area contributed by atoms with Crippen molar-refractivity contribution in [3.8, 4) is 5.75 Å². The van der Waals surface area contributed by atoms with Gasteiger partial charge in [-0.25, -0.2) is 8.42 Å². The molecule has 1 heterocycles. The Morgan fingerprint density at radius 1 is 1.18 bits per heavy atom. The van der Waals surface area contributed by atoms with Gasteiger partial charge in [-0.3, -0.25) is 4.90 Å². The highest BCUT2D eigenvalue weighted by Crippen LogP contribution is 2.25. The van der Waals surface area contributed by atoms with Gasteiger partial charge in [0.05, 0.1) is 16.0 Å². The van der Waals surface area contributed by atoms with Crippen LogP contribution in [0.25, 0.3) is 0 Å². The van der Waals surface area contributed by atoms with E-state index in [0.717, 1.165) is 14.5 Å². The van der Waals surface area contributed by atoms with Crippen LogP contribution >= 0.6 is 31.9 Å². The van der Waals surface area contributed by atoms with Gasteiger partial charge in [-0.1, -0.05) is 40.2 Å². The molecule has 0 saturated carbocycles. The molecule has 2 unspecified atom stereocenters. The van der Waals surface area contributed by atoms with E-state index < -0.39 is 15.9 Å². The van der Waals surface area contributed by atoms with E-state index in [-0.39, 0.29) is 24.2 Å². The molecular formula is C20H23Br2NO4S. The molecule has 1 saturated heterocycles. The first-order chi connectivity index (χ1) is 13.3. The molecule has 2 atom stereocenters.